The van der Waals surface area contributed by atoms with Crippen LogP contribution in [0.5, 0.6) is 11.5 Å². The molecule has 124 valence electrons. The van der Waals surface area contributed by atoms with Gasteiger partial charge in [-0.25, -0.2) is 0 Å². The average Bonchev–Trinajstić information content (AvgIpc) is 3.04. The lowest BCUT2D eigenvalue weighted by Gasteiger charge is -2.11. The van der Waals surface area contributed by atoms with Crippen LogP contribution < -0.4 is 9.47 Å². The Labute approximate surface area is 144 Å². The van der Waals surface area contributed by atoms with Gasteiger partial charge in [-0.3, -0.25) is 0 Å². The SMILES string of the molecule is COc1cccc(-c2onc(-c3cccc(Cl)c3)c2CO)c1OC. The van der Waals surface area contributed by atoms with E-state index < -0.39 is 0 Å². The number of hydrogen-bond acceptors (Lipinski definition) is 5. The van der Waals surface area contributed by atoms with Gasteiger partial charge in [0.2, 0.25) is 0 Å². The highest BCUT2D eigenvalue weighted by molar-refractivity contribution is 6.30. The fourth-order valence-electron chi connectivity index (χ4n) is 2.60. The molecule has 1 heterocycles. The van der Waals surface area contributed by atoms with Crippen LogP contribution in [-0.4, -0.2) is 24.5 Å². The minimum absolute atomic E-state index is 0.235. The molecular formula is C18H16ClNO4. The highest BCUT2D eigenvalue weighted by Crippen LogP contribution is 2.41. The third-order valence-electron chi connectivity index (χ3n) is 3.69. The second-order valence-corrected chi connectivity index (χ2v) is 5.48. The molecule has 0 bridgehead atoms. The van der Waals surface area contributed by atoms with E-state index in [4.69, 9.17) is 25.6 Å². The first kappa shape index (κ1) is 16.4. The Morgan fingerprint density at radius 2 is 1.92 bits per heavy atom. The topological polar surface area (TPSA) is 64.7 Å². The average molecular weight is 346 g/mol. The Morgan fingerprint density at radius 1 is 1.12 bits per heavy atom. The smallest absolute Gasteiger partial charge is 0.176 e. The van der Waals surface area contributed by atoms with Gasteiger partial charge in [-0.15, -0.1) is 0 Å². The summed E-state index contributed by atoms with van der Waals surface area (Å²) in [6.07, 6.45) is 0. The Hall–Kier alpha value is -2.50. The van der Waals surface area contributed by atoms with Gasteiger partial charge in [-0.2, -0.15) is 0 Å². The second kappa shape index (κ2) is 6.95. The summed E-state index contributed by atoms with van der Waals surface area (Å²) in [7, 11) is 3.11. The van der Waals surface area contributed by atoms with Gasteiger partial charge in [0.05, 0.1) is 32.0 Å². The standard InChI is InChI=1S/C18H16ClNO4/c1-22-15-8-4-7-13(18(15)23-2)17-14(10-21)16(20-24-17)11-5-3-6-12(19)9-11/h3-9,21H,10H2,1-2H3. The van der Waals surface area contributed by atoms with Gasteiger partial charge in [0.15, 0.2) is 17.3 Å². The van der Waals surface area contributed by atoms with Crippen molar-refractivity contribution in [2.75, 3.05) is 14.2 Å². The van der Waals surface area contributed by atoms with Crippen LogP contribution in [0.25, 0.3) is 22.6 Å². The molecule has 0 atom stereocenters. The van der Waals surface area contributed by atoms with E-state index in [-0.39, 0.29) is 6.61 Å². The van der Waals surface area contributed by atoms with Gasteiger partial charge in [0.1, 0.15) is 5.69 Å². The molecule has 1 N–H and O–H groups in total. The molecule has 0 radical (unpaired) electrons. The Kier molecular flexibility index (Phi) is 4.74. The predicted molar refractivity (Wildman–Crippen MR) is 91.4 cm³/mol. The summed E-state index contributed by atoms with van der Waals surface area (Å²) < 4.78 is 16.3. The van der Waals surface area contributed by atoms with Gasteiger partial charge in [-0.1, -0.05) is 35.0 Å². The van der Waals surface area contributed by atoms with E-state index in [0.29, 0.717) is 39.1 Å². The zero-order valence-electron chi connectivity index (χ0n) is 13.2. The third-order valence-corrected chi connectivity index (χ3v) is 3.93. The van der Waals surface area contributed by atoms with E-state index in [2.05, 4.69) is 5.16 Å². The first-order chi connectivity index (χ1) is 11.7. The minimum Gasteiger partial charge on any atom is -0.493 e. The molecule has 0 saturated carbocycles. The van der Waals surface area contributed by atoms with Crippen molar-refractivity contribution in [2.45, 2.75) is 6.61 Å². The number of para-hydroxylation sites is 1. The monoisotopic (exact) mass is 345 g/mol. The minimum atomic E-state index is -0.235. The van der Waals surface area contributed by atoms with Gasteiger partial charge in [0, 0.05) is 10.6 Å². The largest absolute Gasteiger partial charge is 0.493 e. The lowest BCUT2D eigenvalue weighted by atomic mass is 10.0. The second-order valence-electron chi connectivity index (χ2n) is 5.05. The van der Waals surface area contributed by atoms with Crippen LogP contribution in [0.2, 0.25) is 5.02 Å². The molecule has 3 rings (SSSR count). The van der Waals surface area contributed by atoms with Gasteiger partial charge >= 0.3 is 0 Å². The van der Waals surface area contributed by atoms with Crippen LogP contribution in [0.15, 0.2) is 47.0 Å². The maximum absolute atomic E-state index is 9.87. The number of nitrogens with zero attached hydrogens (tertiary/aromatic N) is 1. The molecule has 0 fully saturated rings. The third kappa shape index (κ3) is 2.84. The van der Waals surface area contributed by atoms with Crippen LogP contribution in [0.3, 0.4) is 0 Å². The number of hydrogen-bond donors (Lipinski definition) is 1. The number of aromatic nitrogens is 1. The van der Waals surface area contributed by atoms with E-state index >= 15 is 0 Å². The fourth-order valence-corrected chi connectivity index (χ4v) is 2.79. The van der Waals surface area contributed by atoms with E-state index in [1.54, 1.807) is 32.4 Å². The van der Waals surface area contributed by atoms with Crippen molar-refractivity contribution in [1.29, 1.82) is 0 Å². The maximum atomic E-state index is 9.87. The molecule has 0 saturated heterocycles. The van der Waals surface area contributed by atoms with E-state index in [0.717, 1.165) is 5.56 Å². The summed E-state index contributed by atoms with van der Waals surface area (Å²) in [6, 6.07) is 12.6. The highest BCUT2D eigenvalue weighted by atomic mass is 35.5. The number of aliphatic hydroxyl groups is 1. The number of halogens is 1. The zero-order valence-corrected chi connectivity index (χ0v) is 14.0. The summed E-state index contributed by atoms with van der Waals surface area (Å²) in [5.41, 5.74) is 2.52. The Bertz CT molecular complexity index is 860. The molecule has 0 aliphatic rings. The normalized spacial score (nSPS) is 10.7. The van der Waals surface area contributed by atoms with Crippen molar-refractivity contribution in [2.24, 2.45) is 0 Å². The van der Waals surface area contributed by atoms with Crippen molar-refractivity contribution in [3.8, 4) is 34.1 Å². The van der Waals surface area contributed by atoms with Crippen molar-refractivity contribution in [3.63, 3.8) is 0 Å². The molecule has 0 unspecified atom stereocenters. The Balaban J connectivity index is 2.18. The van der Waals surface area contributed by atoms with Crippen LogP contribution >= 0.6 is 11.6 Å². The molecule has 0 amide bonds. The van der Waals surface area contributed by atoms with Gasteiger partial charge < -0.3 is 19.1 Å². The number of methoxy groups -OCH3 is 2. The van der Waals surface area contributed by atoms with E-state index in [1.165, 1.54) is 0 Å². The molecular weight excluding hydrogens is 330 g/mol. The van der Waals surface area contributed by atoms with Crippen molar-refractivity contribution in [3.05, 3.63) is 53.1 Å². The van der Waals surface area contributed by atoms with Crippen molar-refractivity contribution < 1.29 is 19.1 Å². The molecule has 5 nitrogen and oxygen atoms in total. The molecule has 24 heavy (non-hydrogen) atoms. The summed E-state index contributed by atoms with van der Waals surface area (Å²) in [5, 5.41) is 14.6. The molecule has 3 aromatic rings. The van der Waals surface area contributed by atoms with Crippen LogP contribution in [0.1, 0.15) is 5.56 Å². The first-order valence-electron chi connectivity index (χ1n) is 7.26. The molecule has 2 aromatic carbocycles. The van der Waals surface area contributed by atoms with Gasteiger partial charge in [0.25, 0.3) is 0 Å². The summed E-state index contributed by atoms with van der Waals surface area (Å²) >= 11 is 6.04. The number of aliphatic hydroxyl groups excluding tert-OH is 1. The van der Waals surface area contributed by atoms with Crippen LogP contribution in [-0.2, 0) is 6.61 Å². The zero-order chi connectivity index (χ0) is 17.1. The predicted octanol–water partition coefficient (Wildman–Crippen LogP) is 4.17. The maximum Gasteiger partial charge on any atom is 0.176 e. The highest BCUT2D eigenvalue weighted by Gasteiger charge is 2.22. The lowest BCUT2D eigenvalue weighted by Crippen LogP contribution is -1.95. The Morgan fingerprint density at radius 3 is 2.58 bits per heavy atom. The fraction of sp³-hybridized carbons (Fsp3) is 0.167. The first-order valence-corrected chi connectivity index (χ1v) is 7.64. The number of benzene rings is 2. The lowest BCUT2D eigenvalue weighted by molar-refractivity contribution is 0.281. The summed E-state index contributed by atoms with van der Waals surface area (Å²) in [6.45, 7) is -0.235. The molecule has 6 heteroatoms. The van der Waals surface area contributed by atoms with E-state index in [9.17, 15) is 5.11 Å². The molecule has 0 spiro atoms. The summed E-state index contributed by atoms with van der Waals surface area (Å²) in [5.74, 6) is 1.52. The van der Waals surface area contributed by atoms with Crippen LogP contribution in [0, 0.1) is 0 Å². The van der Waals surface area contributed by atoms with E-state index in [1.807, 2.05) is 24.3 Å². The number of rotatable bonds is 5. The van der Waals surface area contributed by atoms with Crippen LogP contribution in [0.4, 0.5) is 0 Å². The molecule has 1 aromatic heterocycles. The number of ether oxygens (including phenoxy) is 2. The van der Waals surface area contributed by atoms with Crippen molar-refractivity contribution >= 4 is 11.6 Å². The quantitative estimate of drug-likeness (QED) is 0.751. The van der Waals surface area contributed by atoms with Crippen molar-refractivity contribution in [1.82, 2.24) is 5.16 Å². The molecule has 0 aliphatic carbocycles. The summed E-state index contributed by atoms with van der Waals surface area (Å²) in [4.78, 5) is 0. The van der Waals surface area contributed by atoms with Gasteiger partial charge in [-0.05, 0) is 24.3 Å². The molecule has 0 aliphatic heterocycles.